The van der Waals surface area contributed by atoms with Crippen LogP contribution < -0.4 is 4.74 Å². The Morgan fingerprint density at radius 3 is 2.59 bits per heavy atom. The van der Waals surface area contributed by atoms with Crippen molar-refractivity contribution in [3.8, 4) is 16.9 Å². The van der Waals surface area contributed by atoms with Crippen molar-refractivity contribution in [3.63, 3.8) is 0 Å². The Hall–Kier alpha value is -2.66. The molecule has 0 heterocycles. The summed E-state index contributed by atoms with van der Waals surface area (Å²) in [7, 11) is 0. The van der Waals surface area contributed by atoms with E-state index in [0.717, 1.165) is 29.5 Å². The summed E-state index contributed by atoms with van der Waals surface area (Å²) >= 11 is 0. The van der Waals surface area contributed by atoms with Gasteiger partial charge in [-0.25, -0.2) is 9.18 Å². The van der Waals surface area contributed by atoms with Gasteiger partial charge in [-0.15, -0.1) is 0 Å². The molecule has 1 fully saturated rings. The van der Waals surface area contributed by atoms with Gasteiger partial charge in [-0.1, -0.05) is 50.1 Å². The van der Waals surface area contributed by atoms with E-state index >= 15 is 4.39 Å². The van der Waals surface area contributed by atoms with Gasteiger partial charge >= 0.3 is 5.97 Å². The molecule has 0 radical (unpaired) electrons. The summed E-state index contributed by atoms with van der Waals surface area (Å²) in [4.78, 5) is 11.5. The zero-order valence-corrected chi connectivity index (χ0v) is 18.9. The maximum Gasteiger partial charge on any atom is 0.333 e. The van der Waals surface area contributed by atoms with Crippen LogP contribution in [0.3, 0.4) is 0 Å². The lowest BCUT2D eigenvalue weighted by Gasteiger charge is -2.22. The lowest BCUT2D eigenvalue weighted by atomic mass is 9.83. The molecule has 1 aliphatic rings. The minimum absolute atomic E-state index is 0.0780. The second kappa shape index (κ2) is 11.8. The van der Waals surface area contributed by atoms with Crippen LogP contribution in [0.25, 0.3) is 11.1 Å². The van der Waals surface area contributed by atoms with Crippen LogP contribution in [0.1, 0.15) is 62.5 Å². The number of benzene rings is 2. The predicted octanol–water partition coefficient (Wildman–Crippen LogP) is 5.96. The van der Waals surface area contributed by atoms with Gasteiger partial charge in [0.1, 0.15) is 24.8 Å². The second-order valence-electron chi connectivity index (χ2n) is 8.49. The van der Waals surface area contributed by atoms with Crippen molar-refractivity contribution in [2.75, 3.05) is 19.8 Å². The minimum Gasteiger partial charge on any atom is -0.490 e. The molecule has 0 saturated heterocycles. The number of hydrogen-bond acceptors (Lipinski definition) is 4. The number of ether oxygens (including phenoxy) is 2. The topological polar surface area (TPSA) is 55.8 Å². The van der Waals surface area contributed by atoms with E-state index in [4.69, 9.17) is 9.47 Å². The number of carbonyl (C=O) groups excluding carboxylic acids is 1. The molecule has 1 aliphatic carbocycles. The molecule has 32 heavy (non-hydrogen) atoms. The van der Waals surface area contributed by atoms with Gasteiger partial charge in [-0.05, 0) is 67.3 Å². The molecule has 0 bridgehead atoms. The summed E-state index contributed by atoms with van der Waals surface area (Å²) in [5.41, 5.74) is 3.62. The lowest BCUT2D eigenvalue weighted by molar-refractivity contribution is -0.139. The van der Waals surface area contributed by atoms with Crippen LogP contribution in [0, 0.1) is 5.82 Å². The first-order valence-electron chi connectivity index (χ1n) is 11.5. The summed E-state index contributed by atoms with van der Waals surface area (Å²) in [6, 6.07) is 11.2. The van der Waals surface area contributed by atoms with E-state index in [-0.39, 0.29) is 25.6 Å². The molecule has 2 aromatic carbocycles. The summed E-state index contributed by atoms with van der Waals surface area (Å²) in [6.45, 7) is 5.50. The first-order chi connectivity index (χ1) is 15.5. The Balaban J connectivity index is 1.76. The number of esters is 1. The molecule has 0 spiro atoms. The van der Waals surface area contributed by atoms with Gasteiger partial charge in [0.15, 0.2) is 0 Å². The van der Waals surface area contributed by atoms with E-state index in [9.17, 15) is 9.90 Å². The van der Waals surface area contributed by atoms with Crippen molar-refractivity contribution in [1.82, 2.24) is 0 Å². The molecular formula is C27H33FO4. The van der Waals surface area contributed by atoms with Crippen molar-refractivity contribution >= 4 is 5.97 Å². The Kier molecular flexibility index (Phi) is 8.86. The summed E-state index contributed by atoms with van der Waals surface area (Å²) in [5, 5.41) is 9.19. The molecule has 0 atom stereocenters. The van der Waals surface area contributed by atoms with Gasteiger partial charge in [0.25, 0.3) is 0 Å². The monoisotopic (exact) mass is 440 g/mol. The largest absolute Gasteiger partial charge is 0.490 e. The Bertz CT molecular complexity index is 931. The molecular weight excluding hydrogens is 407 g/mol. The molecule has 0 amide bonds. The van der Waals surface area contributed by atoms with E-state index in [1.807, 2.05) is 30.3 Å². The van der Waals surface area contributed by atoms with Gasteiger partial charge in [-0.2, -0.15) is 0 Å². The molecule has 0 aromatic heterocycles. The molecule has 172 valence electrons. The zero-order valence-electron chi connectivity index (χ0n) is 18.9. The van der Waals surface area contributed by atoms with Crippen molar-refractivity contribution in [3.05, 3.63) is 65.5 Å². The van der Waals surface area contributed by atoms with Crippen molar-refractivity contribution < 1.29 is 23.8 Å². The van der Waals surface area contributed by atoms with E-state index < -0.39 is 5.97 Å². The fraction of sp³-hybridized carbons (Fsp3) is 0.444. The lowest BCUT2D eigenvalue weighted by Crippen LogP contribution is -2.13. The van der Waals surface area contributed by atoms with Gasteiger partial charge in [-0.3, -0.25) is 0 Å². The standard InChI is InChI=1S/C27H33FO4/c1-19(2)27(30)32-16-15-31-26-18-23(11-10-21(26)9-6-14-29)24-13-12-22(17-25(24)28)20-7-4-3-5-8-20/h10-13,17-18,20,29H,1,3-9,14-16H2,2H3. The average Bonchev–Trinajstić information content (AvgIpc) is 2.81. The minimum atomic E-state index is -0.456. The summed E-state index contributed by atoms with van der Waals surface area (Å²) in [6.07, 6.45) is 7.20. The average molecular weight is 441 g/mol. The number of hydrogen-bond donors (Lipinski definition) is 1. The molecule has 4 nitrogen and oxygen atoms in total. The van der Waals surface area contributed by atoms with Crippen LogP contribution in [0.5, 0.6) is 5.75 Å². The van der Waals surface area contributed by atoms with Gasteiger partial charge in [0, 0.05) is 17.7 Å². The molecule has 1 saturated carbocycles. The highest BCUT2D eigenvalue weighted by Crippen LogP contribution is 2.36. The third kappa shape index (κ3) is 6.42. The SMILES string of the molecule is C=C(C)C(=O)OCCOc1cc(-c2ccc(C3CCCCC3)cc2F)ccc1CCCO. The van der Waals surface area contributed by atoms with Crippen molar-refractivity contribution in [2.24, 2.45) is 0 Å². The second-order valence-corrected chi connectivity index (χ2v) is 8.49. The van der Waals surface area contributed by atoms with E-state index in [1.165, 1.54) is 19.3 Å². The van der Waals surface area contributed by atoms with Crippen LogP contribution in [-0.4, -0.2) is 30.9 Å². The fourth-order valence-electron chi connectivity index (χ4n) is 4.20. The number of carbonyl (C=O) groups is 1. The molecule has 5 heteroatoms. The number of halogens is 1. The quantitative estimate of drug-likeness (QED) is 0.281. The van der Waals surface area contributed by atoms with Crippen LogP contribution >= 0.6 is 0 Å². The predicted molar refractivity (Wildman–Crippen MR) is 124 cm³/mol. The van der Waals surface area contributed by atoms with E-state index in [0.29, 0.717) is 35.6 Å². The third-order valence-electron chi connectivity index (χ3n) is 5.97. The maximum atomic E-state index is 15.1. The molecule has 0 unspecified atom stereocenters. The number of rotatable bonds is 10. The fourth-order valence-corrected chi connectivity index (χ4v) is 4.20. The number of aliphatic hydroxyl groups excluding tert-OH is 1. The first-order valence-corrected chi connectivity index (χ1v) is 11.5. The molecule has 3 rings (SSSR count). The first kappa shape index (κ1) is 24.0. The smallest absolute Gasteiger partial charge is 0.333 e. The Morgan fingerprint density at radius 2 is 1.91 bits per heavy atom. The zero-order chi connectivity index (χ0) is 22.9. The Labute approximate surface area is 190 Å². The highest BCUT2D eigenvalue weighted by Gasteiger charge is 2.18. The van der Waals surface area contributed by atoms with Crippen LogP contribution in [0.4, 0.5) is 4.39 Å². The van der Waals surface area contributed by atoms with E-state index in [2.05, 4.69) is 6.58 Å². The third-order valence-corrected chi connectivity index (χ3v) is 5.97. The van der Waals surface area contributed by atoms with Crippen LogP contribution in [0.15, 0.2) is 48.6 Å². The molecule has 1 N–H and O–H groups in total. The number of aliphatic hydroxyl groups is 1. The van der Waals surface area contributed by atoms with Crippen molar-refractivity contribution in [2.45, 2.75) is 57.8 Å². The highest BCUT2D eigenvalue weighted by atomic mass is 19.1. The van der Waals surface area contributed by atoms with Crippen LogP contribution in [0.2, 0.25) is 0 Å². The van der Waals surface area contributed by atoms with Gasteiger partial charge in [0.05, 0.1) is 0 Å². The van der Waals surface area contributed by atoms with E-state index in [1.54, 1.807) is 13.0 Å². The Morgan fingerprint density at radius 1 is 1.12 bits per heavy atom. The van der Waals surface area contributed by atoms with Gasteiger partial charge < -0.3 is 14.6 Å². The van der Waals surface area contributed by atoms with Crippen LogP contribution in [-0.2, 0) is 16.0 Å². The van der Waals surface area contributed by atoms with Gasteiger partial charge in [0.2, 0.25) is 0 Å². The molecule has 0 aliphatic heterocycles. The summed E-state index contributed by atoms with van der Waals surface area (Å²) < 4.78 is 26.0. The summed E-state index contributed by atoms with van der Waals surface area (Å²) in [5.74, 6) is 0.382. The number of aryl methyl sites for hydroxylation is 1. The maximum absolute atomic E-state index is 15.1. The normalized spacial score (nSPS) is 14.2. The highest BCUT2D eigenvalue weighted by molar-refractivity contribution is 5.86. The van der Waals surface area contributed by atoms with Crippen molar-refractivity contribution in [1.29, 1.82) is 0 Å². The molecule has 2 aromatic rings.